The van der Waals surface area contributed by atoms with Gasteiger partial charge in [-0.15, -0.1) is 11.3 Å². The van der Waals surface area contributed by atoms with Crippen LogP contribution in [-0.2, 0) is 22.7 Å². The van der Waals surface area contributed by atoms with Gasteiger partial charge in [-0.25, -0.2) is 0 Å². The van der Waals surface area contributed by atoms with Crippen molar-refractivity contribution < 1.29 is 9.59 Å². The van der Waals surface area contributed by atoms with Crippen molar-refractivity contribution in [3.05, 3.63) is 57.8 Å². The molecule has 1 aromatic heterocycles. The molecule has 1 aliphatic carbocycles. The highest BCUT2D eigenvalue weighted by Gasteiger charge is 2.31. The second-order valence-corrected chi connectivity index (χ2v) is 8.65. The average molecular weight is 399 g/mol. The monoisotopic (exact) mass is 398 g/mol. The molecule has 150 valence electrons. The molecule has 4 nitrogen and oxygen atoms in total. The fourth-order valence-corrected chi connectivity index (χ4v) is 4.41. The van der Waals surface area contributed by atoms with E-state index in [1.54, 1.807) is 16.2 Å². The Morgan fingerprint density at radius 1 is 1.07 bits per heavy atom. The fraction of sp³-hybridized carbons (Fsp3) is 0.478. The lowest BCUT2D eigenvalue weighted by Gasteiger charge is -2.33. The van der Waals surface area contributed by atoms with Gasteiger partial charge in [0.1, 0.15) is 0 Å². The molecule has 1 saturated carbocycles. The third kappa shape index (κ3) is 5.22. The number of hydrogen-bond donors (Lipinski definition) is 0. The number of nitrogens with zero attached hydrogens (tertiary/aromatic N) is 2. The minimum absolute atomic E-state index is 0.0257. The highest BCUT2D eigenvalue weighted by atomic mass is 32.1. The summed E-state index contributed by atoms with van der Waals surface area (Å²) < 4.78 is 0. The topological polar surface area (TPSA) is 40.6 Å². The Labute approximate surface area is 172 Å². The van der Waals surface area contributed by atoms with Crippen molar-refractivity contribution in [3.8, 4) is 0 Å². The van der Waals surface area contributed by atoms with Gasteiger partial charge in [0.25, 0.3) is 0 Å². The van der Waals surface area contributed by atoms with Crippen molar-refractivity contribution in [2.45, 2.75) is 52.6 Å². The van der Waals surface area contributed by atoms with Gasteiger partial charge in [-0.3, -0.25) is 9.59 Å². The van der Waals surface area contributed by atoms with Gasteiger partial charge in [0.05, 0.1) is 13.1 Å². The van der Waals surface area contributed by atoms with Gasteiger partial charge in [0.15, 0.2) is 0 Å². The highest BCUT2D eigenvalue weighted by molar-refractivity contribution is 7.10. The first kappa shape index (κ1) is 20.6. The molecule has 0 bridgehead atoms. The lowest BCUT2D eigenvalue weighted by Crippen LogP contribution is -2.46. The van der Waals surface area contributed by atoms with Gasteiger partial charge in [0, 0.05) is 23.9 Å². The Kier molecular flexibility index (Phi) is 7.26. The molecule has 28 heavy (non-hydrogen) atoms. The number of rotatable bonds is 9. The van der Waals surface area contributed by atoms with Crippen molar-refractivity contribution in [2.75, 3.05) is 13.1 Å². The van der Waals surface area contributed by atoms with Gasteiger partial charge in [-0.05, 0) is 48.8 Å². The van der Waals surface area contributed by atoms with Gasteiger partial charge in [-0.2, -0.15) is 0 Å². The van der Waals surface area contributed by atoms with Crippen LogP contribution in [0.3, 0.4) is 0 Å². The lowest BCUT2D eigenvalue weighted by atomic mass is 9.84. The molecule has 1 aliphatic rings. The van der Waals surface area contributed by atoms with Crippen molar-refractivity contribution >= 4 is 23.2 Å². The molecule has 0 aliphatic heterocycles. The number of amides is 2. The summed E-state index contributed by atoms with van der Waals surface area (Å²) in [5.41, 5.74) is 2.32. The molecular formula is C23H30N2O2S. The third-order valence-corrected chi connectivity index (χ3v) is 6.47. The molecule has 1 aromatic carbocycles. The molecule has 0 radical (unpaired) electrons. The second-order valence-electron chi connectivity index (χ2n) is 7.65. The number of hydrogen-bond acceptors (Lipinski definition) is 3. The predicted octanol–water partition coefficient (Wildman–Crippen LogP) is 4.62. The van der Waals surface area contributed by atoms with Gasteiger partial charge in [0.2, 0.25) is 11.8 Å². The maximum absolute atomic E-state index is 13.2. The van der Waals surface area contributed by atoms with Crippen LogP contribution in [0.15, 0.2) is 41.8 Å². The Bertz CT molecular complexity index is 783. The molecule has 0 atom stereocenters. The smallest absolute Gasteiger partial charge is 0.242 e. The summed E-state index contributed by atoms with van der Waals surface area (Å²) in [6.45, 7) is 6.13. The fourth-order valence-electron chi connectivity index (χ4n) is 3.49. The molecule has 1 fully saturated rings. The van der Waals surface area contributed by atoms with Crippen molar-refractivity contribution in [1.29, 1.82) is 0 Å². The van der Waals surface area contributed by atoms with E-state index >= 15 is 0 Å². The van der Waals surface area contributed by atoms with Crippen LogP contribution < -0.4 is 0 Å². The van der Waals surface area contributed by atoms with Crippen molar-refractivity contribution in [2.24, 2.45) is 5.92 Å². The zero-order chi connectivity index (χ0) is 19.9. The molecule has 0 spiro atoms. The van der Waals surface area contributed by atoms with E-state index in [9.17, 15) is 9.59 Å². The maximum atomic E-state index is 13.2. The standard InChI is InChI=1S/C23H30N2O2S/c1-3-13-24(23(27)20-10-7-11-20)17-22(26)25(15-19-8-5-4-6-9-19)16-21-18(2)12-14-28-21/h4-6,8-9,12,14,20H,3,7,10-11,13,15-17H2,1-2H3. The summed E-state index contributed by atoms with van der Waals surface area (Å²) in [6.07, 6.45) is 3.93. The molecule has 2 amide bonds. The third-order valence-electron chi connectivity index (χ3n) is 5.46. The van der Waals surface area contributed by atoms with Gasteiger partial charge >= 0.3 is 0 Å². The molecule has 0 N–H and O–H groups in total. The minimum Gasteiger partial charge on any atom is -0.333 e. The molecule has 0 saturated heterocycles. The van der Waals surface area contributed by atoms with E-state index in [4.69, 9.17) is 0 Å². The lowest BCUT2D eigenvalue weighted by molar-refractivity contribution is -0.145. The quantitative estimate of drug-likeness (QED) is 0.618. The van der Waals surface area contributed by atoms with Crippen LogP contribution in [-0.4, -0.2) is 34.7 Å². The summed E-state index contributed by atoms with van der Waals surface area (Å²) in [6, 6.07) is 12.2. The zero-order valence-corrected chi connectivity index (χ0v) is 17.7. The first-order valence-electron chi connectivity index (χ1n) is 10.2. The van der Waals surface area contributed by atoms with E-state index in [1.165, 1.54) is 10.4 Å². The van der Waals surface area contributed by atoms with Crippen LogP contribution in [0.1, 0.15) is 48.6 Å². The van der Waals surface area contributed by atoms with Crippen LogP contribution in [0.5, 0.6) is 0 Å². The molecule has 3 rings (SSSR count). The predicted molar refractivity (Wildman–Crippen MR) is 114 cm³/mol. The van der Waals surface area contributed by atoms with Gasteiger partial charge < -0.3 is 9.80 Å². The van der Waals surface area contributed by atoms with E-state index in [0.717, 1.165) is 31.2 Å². The maximum Gasteiger partial charge on any atom is 0.242 e. The van der Waals surface area contributed by atoms with Crippen molar-refractivity contribution in [1.82, 2.24) is 9.80 Å². The van der Waals surface area contributed by atoms with E-state index in [2.05, 4.69) is 25.3 Å². The first-order chi connectivity index (χ1) is 13.6. The summed E-state index contributed by atoms with van der Waals surface area (Å²) in [5.74, 6) is 0.313. The largest absolute Gasteiger partial charge is 0.333 e. The molecule has 1 heterocycles. The first-order valence-corrected chi connectivity index (χ1v) is 11.1. The van der Waals surface area contributed by atoms with Gasteiger partial charge in [-0.1, -0.05) is 43.7 Å². The summed E-state index contributed by atoms with van der Waals surface area (Å²) in [5, 5.41) is 2.07. The van der Waals surface area contributed by atoms with E-state index < -0.39 is 0 Å². The molecular weight excluding hydrogens is 368 g/mol. The number of aryl methyl sites for hydroxylation is 1. The Morgan fingerprint density at radius 2 is 1.82 bits per heavy atom. The Balaban J connectivity index is 1.73. The molecule has 2 aromatic rings. The summed E-state index contributed by atoms with van der Waals surface area (Å²) in [4.78, 5) is 30.9. The average Bonchev–Trinajstić information content (AvgIpc) is 3.05. The van der Waals surface area contributed by atoms with Crippen LogP contribution >= 0.6 is 11.3 Å². The number of carbonyl (C=O) groups is 2. The Morgan fingerprint density at radius 3 is 2.39 bits per heavy atom. The van der Waals surface area contributed by atoms with E-state index in [0.29, 0.717) is 19.6 Å². The van der Waals surface area contributed by atoms with E-state index in [1.807, 2.05) is 35.2 Å². The normalized spacial score (nSPS) is 13.8. The second kappa shape index (κ2) is 9.87. The van der Waals surface area contributed by atoms with Crippen LogP contribution in [0.25, 0.3) is 0 Å². The number of benzene rings is 1. The number of carbonyl (C=O) groups excluding carboxylic acids is 2. The SMILES string of the molecule is CCCN(CC(=O)N(Cc1ccccc1)Cc1sccc1C)C(=O)C1CCC1. The minimum atomic E-state index is 0.0257. The molecule has 0 unspecified atom stereocenters. The zero-order valence-electron chi connectivity index (χ0n) is 16.9. The highest BCUT2D eigenvalue weighted by Crippen LogP contribution is 2.28. The van der Waals surface area contributed by atoms with Crippen molar-refractivity contribution in [3.63, 3.8) is 0 Å². The van der Waals surface area contributed by atoms with E-state index in [-0.39, 0.29) is 24.3 Å². The summed E-state index contributed by atoms with van der Waals surface area (Å²) in [7, 11) is 0. The van der Waals surface area contributed by atoms with Crippen LogP contribution in [0.2, 0.25) is 0 Å². The van der Waals surface area contributed by atoms with Crippen LogP contribution in [0, 0.1) is 12.8 Å². The van der Waals surface area contributed by atoms with Crippen LogP contribution in [0.4, 0.5) is 0 Å². The Hall–Kier alpha value is -2.14. The summed E-state index contributed by atoms with van der Waals surface area (Å²) >= 11 is 1.68. The number of thiophene rings is 1. The molecule has 5 heteroatoms.